The molecule has 2 aromatic carbocycles. The van der Waals surface area contributed by atoms with Crippen molar-refractivity contribution in [1.82, 2.24) is 4.90 Å². The van der Waals surface area contributed by atoms with Crippen LogP contribution >= 0.6 is 0 Å². The molecular weight excluding hydrogens is 440 g/mol. The van der Waals surface area contributed by atoms with Crippen LogP contribution in [0, 0.1) is 0 Å². The standard InChI is InChI=1S/C25H28N2O5S/c1-31-24-13-20(8-5-19(24)14-26-15-22(16-26)33(2,29)30)27-12-11-23(25(27)28)32-21-9-6-18(7-10-21)17-3-4-17/h5-11,13,17,22H,3-4,12,14-16H2,1-2H3. The van der Waals surface area contributed by atoms with Crippen molar-refractivity contribution in [2.75, 3.05) is 37.9 Å². The largest absolute Gasteiger partial charge is 0.496 e. The van der Waals surface area contributed by atoms with E-state index in [-0.39, 0.29) is 11.2 Å². The number of carbonyl (C=O) groups is 1. The zero-order valence-corrected chi connectivity index (χ0v) is 19.7. The van der Waals surface area contributed by atoms with E-state index in [2.05, 4.69) is 17.0 Å². The Morgan fingerprint density at radius 1 is 1.06 bits per heavy atom. The van der Waals surface area contributed by atoms with Crippen molar-refractivity contribution in [2.45, 2.75) is 30.6 Å². The zero-order chi connectivity index (χ0) is 23.2. The average molecular weight is 469 g/mol. The highest BCUT2D eigenvalue weighted by Crippen LogP contribution is 2.40. The molecule has 2 heterocycles. The van der Waals surface area contributed by atoms with Crippen molar-refractivity contribution in [3.05, 3.63) is 65.4 Å². The van der Waals surface area contributed by atoms with Crippen LogP contribution in [-0.4, -0.2) is 57.5 Å². The van der Waals surface area contributed by atoms with Gasteiger partial charge in [0.25, 0.3) is 5.91 Å². The maximum Gasteiger partial charge on any atom is 0.294 e. The van der Waals surface area contributed by atoms with Crippen LogP contribution in [0.25, 0.3) is 0 Å². The SMILES string of the molecule is COc1cc(N2CC=C(Oc3ccc(C4CC4)cc3)C2=O)ccc1CN1CC(S(C)(=O)=O)C1. The first-order valence-electron chi connectivity index (χ1n) is 11.2. The molecule has 7 nitrogen and oxygen atoms in total. The second kappa shape index (κ2) is 8.50. The summed E-state index contributed by atoms with van der Waals surface area (Å²) in [5.74, 6) is 2.16. The summed E-state index contributed by atoms with van der Waals surface area (Å²) in [5, 5.41) is -0.292. The van der Waals surface area contributed by atoms with Crippen LogP contribution in [0.4, 0.5) is 5.69 Å². The summed E-state index contributed by atoms with van der Waals surface area (Å²) in [7, 11) is -1.40. The van der Waals surface area contributed by atoms with Crippen molar-refractivity contribution in [1.29, 1.82) is 0 Å². The molecule has 0 spiro atoms. The molecule has 1 aliphatic carbocycles. The Balaban J connectivity index is 1.22. The molecule has 0 aromatic heterocycles. The molecule has 1 saturated carbocycles. The van der Waals surface area contributed by atoms with Crippen LogP contribution in [0.1, 0.15) is 29.9 Å². The van der Waals surface area contributed by atoms with Crippen LogP contribution in [0.2, 0.25) is 0 Å². The van der Waals surface area contributed by atoms with Crippen LogP contribution in [0.3, 0.4) is 0 Å². The summed E-state index contributed by atoms with van der Waals surface area (Å²) < 4.78 is 34.7. The van der Waals surface area contributed by atoms with Crippen LogP contribution in [0.5, 0.6) is 11.5 Å². The molecule has 174 valence electrons. The number of carbonyl (C=O) groups excluding carboxylic acids is 1. The molecule has 33 heavy (non-hydrogen) atoms. The molecule has 0 N–H and O–H groups in total. The maximum atomic E-state index is 13.0. The minimum Gasteiger partial charge on any atom is -0.496 e. The number of methoxy groups -OCH3 is 1. The maximum absolute atomic E-state index is 13.0. The van der Waals surface area contributed by atoms with E-state index in [0.717, 1.165) is 11.3 Å². The predicted octanol–water partition coefficient (Wildman–Crippen LogP) is 3.11. The molecule has 3 aliphatic rings. The van der Waals surface area contributed by atoms with E-state index in [1.54, 1.807) is 18.1 Å². The summed E-state index contributed by atoms with van der Waals surface area (Å²) in [6.45, 7) is 2.09. The smallest absolute Gasteiger partial charge is 0.294 e. The van der Waals surface area contributed by atoms with E-state index in [1.165, 1.54) is 24.7 Å². The van der Waals surface area contributed by atoms with Gasteiger partial charge in [-0.15, -0.1) is 0 Å². The highest BCUT2D eigenvalue weighted by molar-refractivity contribution is 7.91. The second-order valence-electron chi connectivity index (χ2n) is 9.07. The molecule has 5 rings (SSSR count). The summed E-state index contributed by atoms with van der Waals surface area (Å²) >= 11 is 0. The molecule has 1 amide bonds. The first-order valence-corrected chi connectivity index (χ1v) is 13.2. The van der Waals surface area contributed by atoms with Gasteiger partial charge >= 0.3 is 0 Å². The number of hydrogen-bond donors (Lipinski definition) is 0. The number of nitrogens with zero attached hydrogens (tertiary/aromatic N) is 2. The van der Waals surface area contributed by atoms with Crippen molar-refractivity contribution in [3.8, 4) is 11.5 Å². The molecule has 0 unspecified atom stereocenters. The van der Waals surface area contributed by atoms with Gasteiger partial charge in [0.1, 0.15) is 11.5 Å². The monoisotopic (exact) mass is 468 g/mol. The number of hydrogen-bond acceptors (Lipinski definition) is 6. The van der Waals surface area contributed by atoms with Gasteiger partial charge in [0.05, 0.1) is 12.4 Å². The van der Waals surface area contributed by atoms with Gasteiger partial charge in [-0.3, -0.25) is 9.69 Å². The second-order valence-corrected chi connectivity index (χ2v) is 11.4. The molecule has 2 fully saturated rings. The lowest BCUT2D eigenvalue weighted by molar-refractivity contribution is -0.116. The third-order valence-corrected chi connectivity index (χ3v) is 8.09. The Labute approximate surface area is 194 Å². The lowest BCUT2D eigenvalue weighted by Gasteiger charge is -2.38. The van der Waals surface area contributed by atoms with Crippen molar-refractivity contribution in [3.63, 3.8) is 0 Å². The normalized spacial score (nSPS) is 19.4. The summed E-state index contributed by atoms with van der Waals surface area (Å²) in [6, 6.07) is 13.7. The van der Waals surface area contributed by atoms with Crippen LogP contribution in [0.15, 0.2) is 54.3 Å². The van der Waals surface area contributed by atoms with Crippen LogP contribution < -0.4 is 14.4 Å². The number of benzene rings is 2. The third-order valence-electron chi connectivity index (χ3n) is 6.58. The number of likely N-dealkylation sites (tertiary alicyclic amines) is 1. The van der Waals surface area contributed by atoms with Gasteiger partial charge in [-0.25, -0.2) is 8.42 Å². The minimum atomic E-state index is -3.00. The summed E-state index contributed by atoms with van der Waals surface area (Å²) in [6.07, 6.45) is 5.58. The van der Waals surface area contributed by atoms with Crippen molar-refractivity contribution >= 4 is 21.4 Å². The van der Waals surface area contributed by atoms with Crippen molar-refractivity contribution in [2.24, 2.45) is 0 Å². The van der Waals surface area contributed by atoms with Gasteiger partial charge in [-0.2, -0.15) is 0 Å². The number of ether oxygens (including phenoxy) is 2. The minimum absolute atomic E-state index is 0.185. The Morgan fingerprint density at radius 3 is 2.42 bits per heavy atom. The third kappa shape index (κ3) is 4.63. The lowest BCUT2D eigenvalue weighted by atomic mass is 10.1. The van der Waals surface area contributed by atoms with E-state index in [0.29, 0.717) is 49.4 Å². The molecule has 0 bridgehead atoms. The molecule has 0 radical (unpaired) electrons. The number of sulfone groups is 1. The van der Waals surface area contributed by atoms with Crippen LogP contribution in [-0.2, 0) is 21.2 Å². The molecule has 1 saturated heterocycles. The Morgan fingerprint density at radius 2 is 1.79 bits per heavy atom. The molecular formula is C25H28N2O5S. The topological polar surface area (TPSA) is 76.2 Å². The quantitative estimate of drug-likeness (QED) is 0.593. The van der Waals surface area contributed by atoms with E-state index in [4.69, 9.17) is 9.47 Å². The molecule has 8 heteroatoms. The highest BCUT2D eigenvalue weighted by atomic mass is 32.2. The van der Waals surface area contributed by atoms with Gasteiger partial charge < -0.3 is 14.4 Å². The molecule has 0 atom stereocenters. The molecule has 2 aliphatic heterocycles. The van der Waals surface area contributed by atoms with Gasteiger partial charge in [-0.05, 0) is 48.6 Å². The molecule has 2 aromatic rings. The Kier molecular flexibility index (Phi) is 5.66. The fraction of sp³-hybridized carbons (Fsp3) is 0.400. The highest BCUT2D eigenvalue weighted by Gasteiger charge is 2.35. The summed E-state index contributed by atoms with van der Waals surface area (Å²) in [5.41, 5.74) is 3.02. The zero-order valence-electron chi connectivity index (χ0n) is 18.9. The Hall–Kier alpha value is -2.84. The van der Waals surface area contributed by atoms with Gasteiger partial charge in [0.2, 0.25) is 0 Å². The fourth-order valence-corrected chi connectivity index (χ4v) is 5.30. The first kappa shape index (κ1) is 22.0. The lowest BCUT2D eigenvalue weighted by Crippen LogP contribution is -2.53. The van der Waals surface area contributed by atoms with E-state index in [9.17, 15) is 13.2 Å². The van der Waals surface area contributed by atoms with E-state index < -0.39 is 9.84 Å². The average Bonchev–Trinajstić information content (AvgIpc) is 3.55. The summed E-state index contributed by atoms with van der Waals surface area (Å²) in [4.78, 5) is 16.7. The van der Waals surface area contributed by atoms with Gasteiger partial charge in [-0.1, -0.05) is 18.2 Å². The Bertz CT molecular complexity index is 1200. The van der Waals surface area contributed by atoms with Gasteiger partial charge in [0.15, 0.2) is 15.6 Å². The fourth-order valence-electron chi connectivity index (χ4n) is 4.33. The number of anilines is 1. The first-order chi connectivity index (χ1) is 15.8. The van der Waals surface area contributed by atoms with E-state index >= 15 is 0 Å². The van der Waals surface area contributed by atoms with E-state index in [1.807, 2.05) is 30.3 Å². The van der Waals surface area contributed by atoms with Gasteiger partial charge in [0, 0.05) is 49.8 Å². The van der Waals surface area contributed by atoms with Crippen molar-refractivity contribution < 1.29 is 22.7 Å². The number of amides is 1. The predicted molar refractivity (Wildman–Crippen MR) is 126 cm³/mol. The number of rotatable bonds is 8.